The number of aromatic nitrogens is 5. The van der Waals surface area contributed by atoms with Gasteiger partial charge >= 0.3 is 0 Å². The van der Waals surface area contributed by atoms with Crippen molar-refractivity contribution in [1.29, 1.82) is 0 Å². The Kier molecular flexibility index (Phi) is 4.44. The van der Waals surface area contributed by atoms with Crippen molar-refractivity contribution in [3.05, 3.63) is 88.2 Å². The molecule has 5 rings (SSSR count). The topological polar surface area (TPSA) is 88.5 Å². The second-order valence-electron chi connectivity index (χ2n) is 6.97. The number of anilines is 1. The number of hydrogen-bond acceptors (Lipinski definition) is 5. The molecule has 0 spiro atoms. The maximum atomic E-state index is 13.5. The zero-order valence-corrected chi connectivity index (χ0v) is 16.8. The second-order valence-corrected chi connectivity index (χ2v) is 7.38. The van der Waals surface area contributed by atoms with Crippen molar-refractivity contribution in [1.82, 2.24) is 24.7 Å². The van der Waals surface area contributed by atoms with Crippen LogP contribution in [0.4, 0.5) is 5.82 Å². The van der Waals surface area contributed by atoms with E-state index in [0.717, 1.165) is 22.3 Å². The van der Waals surface area contributed by atoms with E-state index in [2.05, 4.69) is 25.5 Å². The molecule has 30 heavy (non-hydrogen) atoms. The SMILES string of the molecule is C[C@H](Nc1nncc2[nH]cnc12)c1cc2cccc(Cl)c2c(=O)n1-c1ccccc1. The minimum Gasteiger partial charge on any atom is -0.359 e. The number of imidazole rings is 1. The van der Waals surface area contributed by atoms with Gasteiger partial charge in [-0.25, -0.2) is 4.98 Å². The molecular formula is C22H17ClN6O. The van der Waals surface area contributed by atoms with Gasteiger partial charge in [-0.05, 0) is 36.6 Å². The van der Waals surface area contributed by atoms with Crippen molar-refractivity contribution in [2.24, 2.45) is 0 Å². The van der Waals surface area contributed by atoms with Gasteiger partial charge in [0.25, 0.3) is 5.56 Å². The predicted octanol–water partition coefficient (Wildman–Crippen LogP) is 4.48. The van der Waals surface area contributed by atoms with E-state index in [0.29, 0.717) is 21.7 Å². The van der Waals surface area contributed by atoms with Crippen LogP contribution < -0.4 is 10.9 Å². The Morgan fingerprint density at radius 1 is 1.13 bits per heavy atom. The highest BCUT2D eigenvalue weighted by Crippen LogP contribution is 2.28. The molecule has 8 heteroatoms. The van der Waals surface area contributed by atoms with Crippen LogP contribution in [0.5, 0.6) is 0 Å². The largest absolute Gasteiger partial charge is 0.359 e. The molecule has 7 nitrogen and oxygen atoms in total. The van der Waals surface area contributed by atoms with Gasteiger partial charge < -0.3 is 10.3 Å². The number of aromatic amines is 1. The molecule has 0 saturated heterocycles. The lowest BCUT2D eigenvalue weighted by molar-refractivity contribution is 0.771. The van der Waals surface area contributed by atoms with Gasteiger partial charge in [0, 0.05) is 11.4 Å². The molecule has 148 valence electrons. The Hall–Kier alpha value is -3.71. The molecule has 1 atom stereocenters. The summed E-state index contributed by atoms with van der Waals surface area (Å²) in [6, 6.07) is 16.7. The van der Waals surface area contributed by atoms with E-state index < -0.39 is 0 Å². The number of para-hydroxylation sites is 1. The van der Waals surface area contributed by atoms with E-state index in [4.69, 9.17) is 11.6 Å². The number of halogens is 1. The first kappa shape index (κ1) is 18.3. The summed E-state index contributed by atoms with van der Waals surface area (Å²) in [5.41, 5.74) is 2.84. The highest BCUT2D eigenvalue weighted by molar-refractivity contribution is 6.35. The molecule has 2 aromatic carbocycles. The third-order valence-corrected chi connectivity index (χ3v) is 5.39. The number of H-pyrrole nitrogens is 1. The van der Waals surface area contributed by atoms with Crippen LogP contribution >= 0.6 is 11.6 Å². The fourth-order valence-corrected chi connectivity index (χ4v) is 3.92. The molecular weight excluding hydrogens is 400 g/mol. The van der Waals surface area contributed by atoms with E-state index in [1.807, 2.05) is 55.5 Å². The highest BCUT2D eigenvalue weighted by atomic mass is 35.5. The third kappa shape index (κ3) is 3.00. The van der Waals surface area contributed by atoms with Gasteiger partial charge in [-0.1, -0.05) is 41.9 Å². The van der Waals surface area contributed by atoms with Gasteiger partial charge in [-0.2, -0.15) is 5.10 Å². The van der Waals surface area contributed by atoms with E-state index in [1.165, 1.54) is 0 Å². The van der Waals surface area contributed by atoms with Crippen LogP contribution in [0.25, 0.3) is 27.5 Å². The number of benzene rings is 2. The first-order valence-corrected chi connectivity index (χ1v) is 9.82. The van der Waals surface area contributed by atoms with Crippen molar-refractivity contribution < 1.29 is 0 Å². The second kappa shape index (κ2) is 7.27. The van der Waals surface area contributed by atoms with Crippen LogP contribution in [0.2, 0.25) is 5.02 Å². The number of pyridine rings is 1. The number of rotatable bonds is 4. The maximum Gasteiger partial charge on any atom is 0.264 e. The Morgan fingerprint density at radius 2 is 1.97 bits per heavy atom. The van der Waals surface area contributed by atoms with Gasteiger partial charge in [0.05, 0.1) is 34.5 Å². The lowest BCUT2D eigenvalue weighted by Gasteiger charge is -2.21. The Balaban J connectivity index is 1.71. The zero-order valence-electron chi connectivity index (χ0n) is 16.0. The quantitative estimate of drug-likeness (QED) is 0.451. The summed E-state index contributed by atoms with van der Waals surface area (Å²) in [6.45, 7) is 1.97. The number of nitrogens with zero attached hydrogens (tertiary/aromatic N) is 4. The molecule has 0 aliphatic rings. The molecule has 0 bridgehead atoms. The lowest BCUT2D eigenvalue weighted by atomic mass is 10.1. The van der Waals surface area contributed by atoms with E-state index >= 15 is 0 Å². The lowest BCUT2D eigenvalue weighted by Crippen LogP contribution is -2.26. The maximum absolute atomic E-state index is 13.5. The molecule has 0 radical (unpaired) electrons. The van der Waals surface area contributed by atoms with Crippen molar-refractivity contribution >= 4 is 39.2 Å². The molecule has 0 saturated carbocycles. The summed E-state index contributed by atoms with van der Waals surface area (Å²) in [5.74, 6) is 0.541. The first-order chi connectivity index (χ1) is 14.6. The molecule has 0 unspecified atom stereocenters. The monoisotopic (exact) mass is 416 g/mol. The van der Waals surface area contributed by atoms with Crippen LogP contribution in [-0.2, 0) is 0 Å². The summed E-state index contributed by atoms with van der Waals surface area (Å²) in [4.78, 5) is 20.8. The molecule has 3 aromatic heterocycles. The first-order valence-electron chi connectivity index (χ1n) is 9.44. The van der Waals surface area contributed by atoms with E-state index in [9.17, 15) is 4.79 Å². The summed E-state index contributed by atoms with van der Waals surface area (Å²) in [6.07, 6.45) is 3.22. The molecule has 0 aliphatic carbocycles. The van der Waals surface area contributed by atoms with Crippen LogP contribution in [-0.4, -0.2) is 24.7 Å². The third-order valence-electron chi connectivity index (χ3n) is 5.07. The van der Waals surface area contributed by atoms with Gasteiger partial charge in [-0.3, -0.25) is 9.36 Å². The Labute approximate surface area is 176 Å². The molecule has 5 aromatic rings. The molecule has 0 amide bonds. The summed E-state index contributed by atoms with van der Waals surface area (Å²) >= 11 is 6.38. The number of hydrogen-bond donors (Lipinski definition) is 2. The van der Waals surface area contributed by atoms with Gasteiger partial charge in [0.1, 0.15) is 5.52 Å². The molecule has 0 aliphatic heterocycles. The number of fused-ring (bicyclic) bond motifs is 2. The van der Waals surface area contributed by atoms with Crippen molar-refractivity contribution in [3.63, 3.8) is 0 Å². The van der Waals surface area contributed by atoms with Crippen LogP contribution in [0.3, 0.4) is 0 Å². The Bertz CT molecular complexity index is 1430. The Morgan fingerprint density at radius 3 is 2.80 bits per heavy atom. The van der Waals surface area contributed by atoms with Gasteiger partial charge in [0.15, 0.2) is 5.82 Å². The van der Waals surface area contributed by atoms with Crippen molar-refractivity contribution in [3.8, 4) is 5.69 Å². The summed E-state index contributed by atoms with van der Waals surface area (Å²) in [5, 5.41) is 13.3. The number of nitrogens with one attached hydrogen (secondary N) is 2. The predicted molar refractivity (Wildman–Crippen MR) is 118 cm³/mol. The smallest absolute Gasteiger partial charge is 0.264 e. The van der Waals surface area contributed by atoms with Crippen LogP contribution in [0, 0.1) is 0 Å². The minimum atomic E-state index is -0.266. The summed E-state index contributed by atoms with van der Waals surface area (Å²) in [7, 11) is 0. The van der Waals surface area contributed by atoms with Crippen LogP contribution in [0.1, 0.15) is 18.7 Å². The molecule has 2 N–H and O–H groups in total. The van der Waals surface area contributed by atoms with E-state index in [1.54, 1.807) is 23.2 Å². The van der Waals surface area contributed by atoms with E-state index in [-0.39, 0.29) is 11.6 Å². The zero-order chi connectivity index (χ0) is 20.7. The van der Waals surface area contributed by atoms with Crippen molar-refractivity contribution in [2.45, 2.75) is 13.0 Å². The normalized spacial score (nSPS) is 12.3. The van der Waals surface area contributed by atoms with Crippen molar-refractivity contribution in [2.75, 3.05) is 5.32 Å². The standard InChI is InChI=1S/C22H17ClN6O/c1-13(27-21-20-17(11-26-28-21)24-12-25-20)18-10-14-6-5-9-16(23)19(14)22(30)29(18)15-7-3-2-4-8-15/h2-13H,1H3,(H,24,25)(H,27,28)/t13-/m0/s1. The fourth-order valence-electron chi connectivity index (χ4n) is 3.66. The fraction of sp³-hybridized carbons (Fsp3) is 0.0909. The highest BCUT2D eigenvalue weighted by Gasteiger charge is 2.19. The van der Waals surface area contributed by atoms with Gasteiger partial charge in [-0.15, -0.1) is 5.10 Å². The minimum absolute atomic E-state index is 0.169. The summed E-state index contributed by atoms with van der Waals surface area (Å²) < 4.78 is 1.68. The molecule has 3 heterocycles. The van der Waals surface area contributed by atoms with Gasteiger partial charge in [0.2, 0.25) is 0 Å². The average Bonchev–Trinajstić information content (AvgIpc) is 3.24. The molecule has 0 fully saturated rings. The van der Waals surface area contributed by atoms with Crippen LogP contribution in [0.15, 0.2) is 71.9 Å². The average molecular weight is 417 g/mol.